The van der Waals surface area contributed by atoms with Crippen LogP contribution >= 0.6 is 0 Å². The van der Waals surface area contributed by atoms with Gasteiger partial charge in [-0.15, -0.1) is 0 Å². The highest BCUT2D eigenvalue weighted by molar-refractivity contribution is 5.35. The summed E-state index contributed by atoms with van der Waals surface area (Å²) >= 11 is 0. The largest absolute Gasteiger partial charge is 0.424 e. The molecule has 0 fully saturated rings. The lowest BCUT2D eigenvalue weighted by Gasteiger charge is -2.11. The fourth-order valence-electron chi connectivity index (χ4n) is 1.94. The van der Waals surface area contributed by atoms with Crippen molar-refractivity contribution in [3.05, 3.63) is 47.3 Å². The van der Waals surface area contributed by atoms with E-state index in [0.29, 0.717) is 24.1 Å². The van der Waals surface area contributed by atoms with Crippen LogP contribution in [0, 0.1) is 6.92 Å². The number of hydrogen-bond donors (Lipinski definition) is 1. The smallest absolute Gasteiger partial charge is 0.322 e. The van der Waals surface area contributed by atoms with Gasteiger partial charge in [0.25, 0.3) is 0 Å². The predicted octanol–water partition coefficient (Wildman–Crippen LogP) is 3.24. The van der Waals surface area contributed by atoms with Gasteiger partial charge in [-0.2, -0.15) is 4.98 Å². The molecule has 0 saturated heterocycles. The number of aromatic nitrogens is 2. The number of rotatable bonds is 5. The maximum absolute atomic E-state index is 9.08. The van der Waals surface area contributed by atoms with E-state index in [1.807, 2.05) is 37.3 Å². The van der Waals surface area contributed by atoms with Crippen LogP contribution in [-0.2, 0) is 6.42 Å². The predicted molar refractivity (Wildman–Crippen MR) is 78.2 cm³/mol. The molecule has 2 rings (SSSR count). The molecule has 0 saturated carbocycles. The molecule has 0 aliphatic carbocycles. The molecule has 1 N–H and O–H groups in total. The minimum absolute atomic E-state index is 0.0896. The van der Waals surface area contributed by atoms with Gasteiger partial charge in [0.15, 0.2) is 0 Å². The summed E-state index contributed by atoms with van der Waals surface area (Å²) in [6, 6.07) is 9.95. The minimum Gasteiger partial charge on any atom is -0.424 e. The molecule has 0 amide bonds. The summed E-state index contributed by atoms with van der Waals surface area (Å²) in [7, 11) is 0. The second-order valence-electron chi connectivity index (χ2n) is 5.05. The molecule has 1 heterocycles. The van der Waals surface area contributed by atoms with Gasteiger partial charge in [-0.05, 0) is 37.0 Å². The molecule has 0 radical (unpaired) electrons. The molecule has 4 nitrogen and oxygen atoms in total. The average Bonchev–Trinajstić information content (AvgIpc) is 2.40. The van der Waals surface area contributed by atoms with Crippen LogP contribution < -0.4 is 4.74 Å². The van der Waals surface area contributed by atoms with Crippen molar-refractivity contribution in [3.63, 3.8) is 0 Å². The van der Waals surface area contributed by atoms with Crippen molar-refractivity contribution in [1.29, 1.82) is 0 Å². The third-order valence-electron chi connectivity index (χ3n) is 3.00. The Morgan fingerprint density at radius 2 is 1.95 bits per heavy atom. The third kappa shape index (κ3) is 3.54. The molecule has 106 valence electrons. The van der Waals surface area contributed by atoms with Gasteiger partial charge < -0.3 is 9.84 Å². The maximum atomic E-state index is 9.08. The second kappa shape index (κ2) is 6.48. The molecule has 0 spiro atoms. The Hall–Kier alpha value is -1.94. The van der Waals surface area contributed by atoms with E-state index in [4.69, 9.17) is 9.84 Å². The number of hydrogen-bond acceptors (Lipinski definition) is 4. The van der Waals surface area contributed by atoms with Gasteiger partial charge in [-0.1, -0.05) is 32.0 Å². The number of ether oxygens (including phenoxy) is 1. The van der Waals surface area contributed by atoms with Crippen molar-refractivity contribution < 1.29 is 9.84 Å². The summed E-state index contributed by atoms with van der Waals surface area (Å²) in [4.78, 5) is 8.75. The van der Waals surface area contributed by atoms with Gasteiger partial charge in [0.05, 0.1) is 5.69 Å². The van der Waals surface area contributed by atoms with E-state index < -0.39 is 0 Å². The number of aliphatic hydroxyl groups is 1. The number of benzene rings is 1. The highest BCUT2D eigenvalue weighted by Crippen LogP contribution is 2.24. The molecule has 0 aliphatic rings. The van der Waals surface area contributed by atoms with Crippen LogP contribution in [0.5, 0.6) is 11.8 Å². The molecule has 0 aliphatic heterocycles. The van der Waals surface area contributed by atoms with Crippen LogP contribution in [0.2, 0.25) is 0 Å². The maximum Gasteiger partial charge on any atom is 0.322 e. The first-order chi connectivity index (χ1) is 9.60. The lowest BCUT2D eigenvalue weighted by atomic mass is 10.1. The first-order valence-electron chi connectivity index (χ1n) is 6.82. The fraction of sp³-hybridized carbons (Fsp3) is 0.375. The minimum atomic E-state index is 0.0896. The Labute approximate surface area is 119 Å². The van der Waals surface area contributed by atoms with Crippen molar-refractivity contribution in [2.45, 2.75) is 33.1 Å². The summed E-state index contributed by atoms with van der Waals surface area (Å²) in [6.45, 7) is 6.20. The van der Waals surface area contributed by atoms with Crippen LogP contribution in [0.25, 0.3) is 0 Å². The van der Waals surface area contributed by atoms with E-state index in [1.54, 1.807) is 0 Å². The van der Waals surface area contributed by atoms with Crippen LogP contribution in [0.1, 0.15) is 36.7 Å². The number of aryl methyl sites for hydroxylation is 1. The van der Waals surface area contributed by atoms with Crippen LogP contribution in [0.15, 0.2) is 30.3 Å². The lowest BCUT2D eigenvalue weighted by molar-refractivity contribution is 0.297. The van der Waals surface area contributed by atoms with Crippen molar-refractivity contribution >= 4 is 0 Å². The third-order valence-corrected chi connectivity index (χ3v) is 3.00. The molecule has 0 unspecified atom stereocenters. The van der Waals surface area contributed by atoms with Gasteiger partial charge in [0.2, 0.25) is 0 Å². The number of aliphatic hydroxyl groups excluding tert-OH is 1. The molecule has 2 aromatic rings. The zero-order chi connectivity index (χ0) is 14.5. The van der Waals surface area contributed by atoms with Crippen LogP contribution in [0.4, 0.5) is 0 Å². The zero-order valence-corrected chi connectivity index (χ0v) is 12.1. The SMILES string of the molecule is Cc1cc(C(C)C)nc(Oc2ccccc2CCO)n1. The summed E-state index contributed by atoms with van der Waals surface area (Å²) in [6.07, 6.45) is 0.555. The van der Waals surface area contributed by atoms with E-state index in [0.717, 1.165) is 17.0 Å². The van der Waals surface area contributed by atoms with Gasteiger partial charge in [0.1, 0.15) is 5.75 Å². The monoisotopic (exact) mass is 272 g/mol. The van der Waals surface area contributed by atoms with Crippen molar-refractivity contribution in [3.8, 4) is 11.8 Å². The van der Waals surface area contributed by atoms with Crippen molar-refractivity contribution in [2.24, 2.45) is 0 Å². The van der Waals surface area contributed by atoms with Crippen molar-refractivity contribution in [2.75, 3.05) is 6.61 Å². The number of para-hydroxylation sites is 1. The van der Waals surface area contributed by atoms with Crippen LogP contribution in [0.3, 0.4) is 0 Å². The molecular formula is C16H20N2O2. The fourth-order valence-corrected chi connectivity index (χ4v) is 1.94. The first kappa shape index (κ1) is 14.5. The number of nitrogens with zero attached hydrogens (tertiary/aromatic N) is 2. The molecule has 4 heteroatoms. The standard InChI is InChI=1S/C16H20N2O2/c1-11(2)14-10-12(3)17-16(18-14)20-15-7-5-4-6-13(15)8-9-19/h4-7,10-11,19H,8-9H2,1-3H3. The van der Waals surface area contributed by atoms with Gasteiger partial charge in [0, 0.05) is 12.3 Å². The Bertz CT molecular complexity index is 582. The average molecular weight is 272 g/mol. The Kier molecular flexibility index (Phi) is 4.69. The van der Waals surface area contributed by atoms with Gasteiger partial charge in [-0.25, -0.2) is 4.98 Å². The van der Waals surface area contributed by atoms with E-state index in [-0.39, 0.29) is 6.61 Å². The van der Waals surface area contributed by atoms with E-state index in [1.165, 1.54) is 0 Å². The molecule has 1 aromatic carbocycles. The quantitative estimate of drug-likeness (QED) is 0.908. The summed E-state index contributed by atoms with van der Waals surface area (Å²) in [5.41, 5.74) is 2.80. The normalized spacial score (nSPS) is 10.8. The van der Waals surface area contributed by atoms with E-state index in [9.17, 15) is 0 Å². The Morgan fingerprint density at radius 1 is 1.20 bits per heavy atom. The molecule has 20 heavy (non-hydrogen) atoms. The first-order valence-corrected chi connectivity index (χ1v) is 6.82. The highest BCUT2D eigenvalue weighted by atomic mass is 16.5. The molecule has 0 atom stereocenters. The van der Waals surface area contributed by atoms with E-state index in [2.05, 4.69) is 23.8 Å². The topological polar surface area (TPSA) is 55.2 Å². The van der Waals surface area contributed by atoms with Gasteiger partial charge >= 0.3 is 6.01 Å². The second-order valence-corrected chi connectivity index (χ2v) is 5.05. The lowest BCUT2D eigenvalue weighted by Crippen LogP contribution is -2.02. The van der Waals surface area contributed by atoms with E-state index >= 15 is 0 Å². The van der Waals surface area contributed by atoms with Crippen LogP contribution in [-0.4, -0.2) is 21.7 Å². The summed E-state index contributed by atoms with van der Waals surface area (Å²) in [5, 5.41) is 9.08. The highest BCUT2D eigenvalue weighted by Gasteiger charge is 2.09. The molecular weight excluding hydrogens is 252 g/mol. The Balaban J connectivity index is 2.30. The van der Waals surface area contributed by atoms with Gasteiger partial charge in [-0.3, -0.25) is 0 Å². The van der Waals surface area contributed by atoms with Crippen molar-refractivity contribution in [1.82, 2.24) is 9.97 Å². The zero-order valence-electron chi connectivity index (χ0n) is 12.1. The summed E-state index contributed by atoms with van der Waals surface area (Å²) in [5.74, 6) is 1.02. The summed E-state index contributed by atoms with van der Waals surface area (Å²) < 4.78 is 5.80. The molecule has 0 bridgehead atoms. The Morgan fingerprint density at radius 3 is 2.65 bits per heavy atom. The molecule has 1 aromatic heterocycles.